The Morgan fingerprint density at radius 2 is 2.11 bits per heavy atom. The van der Waals surface area contributed by atoms with Gasteiger partial charge in [0.1, 0.15) is 12.1 Å². The van der Waals surface area contributed by atoms with Crippen LogP contribution in [0.15, 0.2) is 24.3 Å². The summed E-state index contributed by atoms with van der Waals surface area (Å²) in [6.07, 6.45) is 2.10. The first kappa shape index (κ1) is 20.9. The minimum atomic E-state index is -1.03. The number of anilines is 1. The minimum Gasteiger partial charge on any atom is -0.454 e. The Morgan fingerprint density at radius 1 is 1.36 bits per heavy atom. The van der Waals surface area contributed by atoms with Gasteiger partial charge in [0.05, 0.1) is 11.6 Å². The number of imide groups is 1. The summed E-state index contributed by atoms with van der Waals surface area (Å²) in [5, 5.41) is 13.9. The first-order valence-corrected chi connectivity index (χ1v) is 8.89. The van der Waals surface area contributed by atoms with Gasteiger partial charge in [0.25, 0.3) is 11.8 Å². The maximum absolute atomic E-state index is 12.4. The molecule has 0 aromatic heterocycles. The standard InChI is InChI=1S/C19H22N4O5/c1-3-4-8-19(2)17(26)23(18(27)22-19)11-16(25)28-12-15(24)21-14-7-5-6-13(9-14)10-20/h5-7,9H,3-4,8,11-12H2,1-2H3,(H,21,24)(H,22,27)/t19-/m0/s1. The van der Waals surface area contributed by atoms with Crippen molar-refractivity contribution < 1.29 is 23.9 Å². The van der Waals surface area contributed by atoms with E-state index < -0.39 is 42.5 Å². The zero-order valence-corrected chi connectivity index (χ0v) is 15.8. The number of unbranched alkanes of at least 4 members (excludes halogenated alkanes) is 1. The molecule has 0 unspecified atom stereocenters. The molecule has 1 saturated heterocycles. The van der Waals surface area contributed by atoms with E-state index in [0.717, 1.165) is 17.7 Å². The number of esters is 1. The van der Waals surface area contributed by atoms with E-state index in [-0.39, 0.29) is 0 Å². The molecule has 0 radical (unpaired) electrons. The largest absolute Gasteiger partial charge is 0.454 e. The van der Waals surface area contributed by atoms with Crippen LogP contribution in [0.25, 0.3) is 0 Å². The number of carbonyl (C=O) groups excluding carboxylic acids is 4. The molecule has 2 rings (SSSR count). The summed E-state index contributed by atoms with van der Waals surface area (Å²) in [4.78, 5) is 49.1. The van der Waals surface area contributed by atoms with Gasteiger partial charge in [-0.05, 0) is 31.5 Å². The Morgan fingerprint density at radius 3 is 2.79 bits per heavy atom. The highest BCUT2D eigenvalue weighted by molar-refractivity contribution is 6.08. The normalized spacial score (nSPS) is 18.4. The number of nitrogens with zero attached hydrogens (tertiary/aromatic N) is 2. The second-order valence-corrected chi connectivity index (χ2v) is 6.66. The van der Waals surface area contributed by atoms with Gasteiger partial charge >= 0.3 is 12.0 Å². The molecule has 2 N–H and O–H groups in total. The first-order valence-electron chi connectivity index (χ1n) is 8.89. The number of hydrogen-bond acceptors (Lipinski definition) is 6. The lowest BCUT2D eigenvalue weighted by Gasteiger charge is -2.21. The third kappa shape index (κ3) is 5.07. The zero-order chi connectivity index (χ0) is 20.7. The molecule has 9 heteroatoms. The highest BCUT2D eigenvalue weighted by Gasteiger charge is 2.47. The number of amides is 4. The molecule has 1 atom stereocenters. The van der Waals surface area contributed by atoms with E-state index in [0.29, 0.717) is 17.7 Å². The number of ether oxygens (including phenoxy) is 1. The van der Waals surface area contributed by atoms with E-state index in [2.05, 4.69) is 10.6 Å². The van der Waals surface area contributed by atoms with Gasteiger partial charge in [0.2, 0.25) is 0 Å². The number of nitrogens with one attached hydrogen (secondary N) is 2. The van der Waals surface area contributed by atoms with Crippen molar-refractivity contribution in [1.82, 2.24) is 10.2 Å². The van der Waals surface area contributed by atoms with Crippen molar-refractivity contribution >= 4 is 29.5 Å². The third-order valence-corrected chi connectivity index (χ3v) is 4.30. The van der Waals surface area contributed by atoms with Crippen LogP contribution in [-0.4, -0.2) is 47.4 Å². The molecule has 0 aliphatic carbocycles. The predicted molar refractivity (Wildman–Crippen MR) is 98.9 cm³/mol. The van der Waals surface area contributed by atoms with Crippen LogP contribution in [0.2, 0.25) is 0 Å². The Labute approximate surface area is 162 Å². The topological polar surface area (TPSA) is 129 Å². The van der Waals surface area contributed by atoms with Crippen LogP contribution in [-0.2, 0) is 19.1 Å². The molecule has 28 heavy (non-hydrogen) atoms. The lowest BCUT2D eigenvalue weighted by atomic mass is 9.95. The summed E-state index contributed by atoms with van der Waals surface area (Å²) in [6, 6.07) is 7.55. The molecule has 1 aromatic rings. The molecule has 1 aliphatic heterocycles. The van der Waals surface area contributed by atoms with E-state index >= 15 is 0 Å². The van der Waals surface area contributed by atoms with E-state index in [9.17, 15) is 19.2 Å². The summed E-state index contributed by atoms with van der Waals surface area (Å²) >= 11 is 0. The minimum absolute atomic E-state index is 0.375. The van der Waals surface area contributed by atoms with Crippen molar-refractivity contribution in [1.29, 1.82) is 5.26 Å². The van der Waals surface area contributed by atoms with Crippen molar-refractivity contribution in [2.45, 2.75) is 38.6 Å². The number of urea groups is 1. The molecular weight excluding hydrogens is 364 g/mol. The van der Waals surface area contributed by atoms with Crippen LogP contribution in [0.4, 0.5) is 10.5 Å². The number of rotatable bonds is 8. The molecule has 0 saturated carbocycles. The van der Waals surface area contributed by atoms with E-state index in [1.54, 1.807) is 25.1 Å². The molecule has 0 spiro atoms. The van der Waals surface area contributed by atoms with Gasteiger partial charge in [-0.25, -0.2) is 4.79 Å². The summed E-state index contributed by atoms with van der Waals surface area (Å²) in [7, 11) is 0. The number of carbonyl (C=O) groups is 4. The number of nitriles is 1. The van der Waals surface area contributed by atoms with Crippen molar-refractivity contribution in [3.05, 3.63) is 29.8 Å². The van der Waals surface area contributed by atoms with Gasteiger partial charge < -0.3 is 15.4 Å². The fourth-order valence-electron chi connectivity index (χ4n) is 2.77. The monoisotopic (exact) mass is 386 g/mol. The fraction of sp³-hybridized carbons (Fsp3) is 0.421. The van der Waals surface area contributed by atoms with Crippen molar-refractivity contribution in [2.24, 2.45) is 0 Å². The van der Waals surface area contributed by atoms with Gasteiger partial charge in [0, 0.05) is 5.69 Å². The lowest BCUT2D eigenvalue weighted by Crippen LogP contribution is -2.44. The van der Waals surface area contributed by atoms with Gasteiger partial charge in [-0.1, -0.05) is 25.8 Å². The Kier molecular flexibility index (Phi) is 6.71. The van der Waals surface area contributed by atoms with Gasteiger partial charge in [-0.15, -0.1) is 0 Å². The highest BCUT2D eigenvalue weighted by Crippen LogP contribution is 2.23. The highest BCUT2D eigenvalue weighted by atomic mass is 16.5. The quantitative estimate of drug-likeness (QED) is 0.515. The van der Waals surface area contributed by atoms with Gasteiger partial charge in [-0.3, -0.25) is 19.3 Å². The molecule has 1 aromatic carbocycles. The Bertz CT molecular complexity index is 832. The van der Waals surface area contributed by atoms with Crippen LogP contribution >= 0.6 is 0 Å². The van der Waals surface area contributed by atoms with E-state index in [4.69, 9.17) is 10.00 Å². The van der Waals surface area contributed by atoms with Crippen molar-refractivity contribution in [3.8, 4) is 6.07 Å². The van der Waals surface area contributed by atoms with Crippen molar-refractivity contribution in [3.63, 3.8) is 0 Å². The molecular formula is C19H22N4O5. The molecule has 1 fully saturated rings. The van der Waals surface area contributed by atoms with Crippen LogP contribution < -0.4 is 10.6 Å². The van der Waals surface area contributed by atoms with Crippen LogP contribution in [0, 0.1) is 11.3 Å². The summed E-state index contributed by atoms with van der Waals surface area (Å²) in [6.45, 7) is 2.45. The lowest BCUT2D eigenvalue weighted by molar-refractivity contribution is -0.150. The fourth-order valence-corrected chi connectivity index (χ4v) is 2.77. The Balaban J connectivity index is 1.85. The Hall–Kier alpha value is -3.41. The maximum atomic E-state index is 12.4. The molecule has 148 valence electrons. The number of benzene rings is 1. The van der Waals surface area contributed by atoms with E-state index in [1.807, 2.05) is 13.0 Å². The molecule has 0 bridgehead atoms. The molecule has 1 heterocycles. The first-order chi connectivity index (χ1) is 13.3. The average Bonchev–Trinajstić information content (AvgIpc) is 2.88. The third-order valence-electron chi connectivity index (χ3n) is 4.30. The summed E-state index contributed by atoms with van der Waals surface area (Å²) in [5.41, 5.74) is -0.267. The average molecular weight is 386 g/mol. The second-order valence-electron chi connectivity index (χ2n) is 6.66. The van der Waals surface area contributed by atoms with E-state index in [1.165, 1.54) is 6.07 Å². The van der Waals surface area contributed by atoms with Crippen LogP contribution in [0.5, 0.6) is 0 Å². The van der Waals surface area contributed by atoms with Crippen LogP contribution in [0.3, 0.4) is 0 Å². The van der Waals surface area contributed by atoms with Crippen molar-refractivity contribution in [2.75, 3.05) is 18.5 Å². The van der Waals surface area contributed by atoms with Crippen LogP contribution in [0.1, 0.15) is 38.7 Å². The molecule has 4 amide bonds. The van der Waals surface area contributed by atoms with Gasteiger partial charge in [-0.2, -0.15) is 5.26 Å². The SMILES string of the molecule is CCCC[C@]1(C)NC(=O)N(CC(=O)OCC(=O)Nc2cccc(C#N)c2)C1=O. The number of hydrogen-bond donors (Lipinski definition) is 2. The smallest absolute Gasteiger partial charge is 0.326 e. The second kappa shape index (κ2) is 8.99. The summed E-state index contributed by atoms with van der Waals surface area (Å²) in [5.74, 6) is -1.96. The molecule has 1 aliphatic rings. The molecule has 9 nitrogen and oxygen atoms in total. The van der Waals surface area contributed by atoms with Gasteiger partial charge in [0.15, 0.2) is 6.61 Å². The predicted octanol–water partition coefficient (Wildman–Crippen LogP) is 1.54. The summed E-state index contributed by atoms with van der Waals surface area (Å²) < 4.78 is 4.85. The maximum Gasteiger partial charge on any atom is 0.326 e. The zero-order valence-electron chi connectivity index (χ0n) is 15.8.